The number of carbonyl (C=O) groups excluding carboxylic acids is 2. The summed E-state index contributed by atoms with van der Waals surface area (Å²) >= 11 is 3.94. The summed E-state index contributed by atoms with van der Waals surface area (Å²) in [4.78, 5) is 27.5. The van der Waals surface area contributed by atoms with Gasteiger partial charge in [0.15, 0.2) is 6.61 Å². The van der Waals surface area contributed by atoms with Crippen molar-refractivity contribution in [2.75, 3.05) is 13.2 Å². The van der Waals surface area contributed by atoms with Gasteiger partial charge in [-0.15, -0.1) is 0 Å². The Hall–Kier alpha value is -1.36. The zero-order valence-electron chi connectivity index (χ0n) is 15.6. The summed E-state index contributed by atoms with van der Waals surface area (Å²) in [6.45, 7) is 1.20. The van der Waals surface area contributed by atoms with E-state index in [4.69, 9.17) is 4.74 Å². The fourth-order valence-corrected chi connectivity index (χ4v) is 7.92. The van der Waals surface area contributed by atoms with Crippen LogP contribution in [0.15, 0.2) is 24.3 Å². The Morgan fingerprint density at radius 3 is 2.52 bits per heavy atom. The fourth-order valence-electron chi connectivity index (χ4n) is 6.47. The monoisotopic (exact) mass is 431 g/mol. The van der Waals surface area contributed by atoms with Gasteiger partial charge in [0.25, 0.3) is 5.91 Å². The van der Waals surface area contributed by atoms with Gasteiger partial charge in [-0.2, -0.15) is 0 Å². The van der Waals surface area contributed by atoms with Crippen LogP contribution in [0.3, 0.4) is 0 Å². The molecule has 0 aromatic heterocycles. The highest BCUT2D eigenvalue weighted by Gasteiger charge is 2.60. The number of amides is 1. The van der Waals surface area contributed by atoms with E-state index in [1.807, 2.05) is 17.0 Å². The number of fused-ring (bicyclic) bond motifs is 1. The second-order valence-electron chi connectivity index (χ2n) is 9.30. The van der Waals surface area contributed by atoms with Crippen LogP contribution in [0.4, 0.5) is 0 Å². The first-order valence-corrected chi connectivity index (χ1v) is 10.9. The Kier molecular flexibility index (Phi) is 4.15. The average Bonchev–Trinajstić information content (AvgIpc) is 2.63. The van der Waals surface area contributed by atoms with Crippen LogP contribution in [0.5, 0.6) is 0 Å². The SMILES string of the molecule is O=C(COC(=O)C12CC3CC(CC(Br)(C3)C1)C2)N1CCc2ccccc2C1. The predicted molar refractivity (Wildman–Crippen MR) is 105 cm³/mol. The first kappa shape index (κ1) is 17.7. The summed E-state index contributed by atoms with van der Waals surface area (Å²) in [5.41, 5.74) is 2.16. The third-order valence-electron chi connectivity index (χ3n) is 7.23. The smallest absolute Gasteiger partial charge is 0.312 e. The lowest BCUT2D eigenvalue weighted by atomic mass is 9.49. The molecule has 1 aromatic carbocycles. The number of halogens is 1. The summed E-state index contributed by atoms with van der Waals surface area (Å²) in [5.74, 6) is 1.06. The van der Waals surface area contributed by atoms with Gasteiger partial charge >= 0.3 is 5.97 Å². The molecule has 6 rings (SSSR count). The highest BCUT2D eigenvalue weighted by Crippen LogP contribution is 2.64. The number of rotatable bonds is 3. The zero-order valence-corrected chi connectivity index (χ0v) is 17.2. The van der Waals surface area contributed by atoms with E-state index in [2.05, 4.69) is 28.1 Å². The molecule has 4 fully saturated rings. The molecule has 0 radical (unpaired) electrons. The van der Waals surface area contributed by atoms with Gasteiger partial charge in [-0.05, 0) is 67.9 Å². The molecule has 27 heavy (non-hydrogen) atoms. The van der Waals surface area contributed by atoms with Crippen molar-refractivity contribution in [1.82, 2.24) is 4.90 Å². The van der Waals surface area contributed by atoms with E-state index in [1.165, 1.54) is 30.4 Å². The molecule has 0 spiro atoms. The van der Waals surface area contributed by atoms with Crippen molar-refractivity contribution in [3.05, 3.63) is 35.4 Å². The lowest BCUT2D eigenvalue weighted by molar-refractivity contribution is -0.172. The topological polar surface area (TPSA) is 46.6 Å². The largest absolute Gasteiger partial charge is 0.455 e. The van der Waals surface area contributed by atoms with E-state index in [1.54, 1.807) is 0 Å². The third kappa shape index (κ3) is 3.12. The number of nitrogens with zero attached hydrogens (tertiary/aromatic N) is 1. The molecule has 4 nitrogen and oxygen atoms in total. The number of carbonyl (C=O) groups is 2. The normalized spacial score (nSPS) is 36.4. The van der Waals surface area contributed by atoms with E-state index in [0.29, 0.717) is 24.9 Å². The molecule has 2 unspecified atom stereocenters. The summed E-state index contributed by atoms with van der Waals surface area (Å²) < 4.78 is 5.75. The Bertz CT molecular complexity index is 778. The number of esters is 1. The van der Waals surface area contributed by atoms with Gasteiger partial charge in [0.05, 0.1) is 5.41 Å². The lowest BCUT2D eigenvalue weighted by Gasteiger charge is -2.58. The summed E-state index contributed by atoms with van der Waals surface area (Å²) in [6, 6.07) is 8.25. The van der Waals surface area contributed by atoms with Crippen molar-refractivity contribution >= 4 is 27.8 Å². The third-order valence-corrected chi connectivity index (χ3v) is 8.16. The van der Waals surface area contributed by atoms with Crippen LogP contribution in [0.25, 0.3) is 0 Å². The van der Waals surface area contributed by atoms with Gasteiger partial charge in [0.2, 0.25) is 0 Å². The lowest BCUT2D eigenvalue weighted by Crippen LogP contribution is -2.56. The Balaban J connectivity index is 1.22. The van der Waals surface area contributed by atoms with Crippen molar-refractivity contribution in [2.24, 2.45) is 17.3 Å². The van der Waals surface area contributed by atoms with Crippen molar-refractivity contribution in [1.29, 1.82) is 0 Å². The minimum Gasteiger partial charge on any atom is -0.455 e. The number of alkyl halides is 1. The second-order valence-corrected chi connectivity index (χ2v) is 11.0. The van der Waals surface area contributed by atoms with E-state index in [9.17, 15) is 9.59 Å². The zero-order chi connectivity index (χ0) is 18.6. The fraction of sp³-hybridized carbons (Fsp3) is 0.636. The molecular weight excluding hydrogens is 406 g/mol. The molecule has 1 amide bonds. The van der Waals surface area contributed by atoms with E-state index < -0.39 is 0 Å². The number of hydrogen-bond donors (Lipinski definition) is 0. The molecule has 0 N–H and O–H groups in total. The maximum absolute atomic E-state index is 13.0. The standard InChI is InChI=1S/C22H26BrNO3/c23-22-10-15-7-16(11-22)9-21(8-15,14-22)20(26)27-13-19(25)24-6-5-17-3-1-2-4-18(17)12-24/h1-4,15-16H,5-14H2. The maximum Gasteiger partial charge on any atom is 0.312 e. The first-order chi connectivity index (χ1) is 12.9. The van der Waals surface area contributed by atoms with Crippen LogP contribution in [0.2, 0.25) is 0 Å². The summed E-state index contributed by atoms with van der Waals surface area (Å²) in [6.07, 6.45) is 7.26. The highest BCUT2D eigenvalue weighted by atomic mass is 79.9. The van der Waals surface area contributed by atoms with Crippen LogP contribution in [0, 0.1) is 17.3 Å². The number of benzene rings is 1. The van der Waals surface area contributed by atoms with Gasteiger partial charge in [-0.3, -0.25) is 9.59 Å². The Labute approximate surface area is 168 Å². The van der Waals surface area contributed by atoms with E-state index >= 15 is 0 Å². The van der Waals surface area contributed by atoms with Crippen LogP contribution >= 0.6 is 15.9 Å². The van der Waals surface area contributed by atoms with Crippen LogP contribution in [-0.4, -0.2) is 34.3 Å². The van der Waals surface area contributed by atoms with Crippen LogP contribution in [-0.2, 0) is 27.3 Å². The molecule has 5 aliphatic rings. The van der Waals surface area contributed by atoms with Gasteiger partial charge in [0.1, 0.15) is 0 Å². The molecule has 1 aliphatic heterocycles. The Morgan fingerprint density at radius 1 is 1.11 bits per heavy atom. The first-order valence-electron chi connectivity index (χ1n) is 10.2. The average molecular weight is 432 g/mol. The van der Waals surface area contributed by atoms with Crippen molar-refractivity contribution in [2.45, 2.75) is 55.8 Å². The van der Waals surface area contributed by atoms with Gasteiger partial charge in [-0.1, -0.05) is 40.2 Å². The summed E-state index contributed by atoms with van der Waals surface area (Å²) in [7, 11) is 0. The molecule has 5 heteroatoms. The van der Waals surface area contributed by atoms with E-state index in [0.717, 1.165) is 25.7 Å². The second kappa shape index (κ2) is 6.33. The molecule has 144 valence electrons. The molecule has 2 atom stereocenters. The molecule has 4 bridgehead atoms. The quantitative estimate of drug-likeness (QED) is 0.539. The van der Waals surface area contributed by atoms with Gasteiger partial charge in [-0.25, -0.2) is 0 Å². The number of hydrogen-bond acceptors (Lipinski definition) is 3. The predicted octanol–water partition coefficient (Wildman–Crippen LogP) is 3.85. The maximum atomic E-state index is 13.0. The minimum atomic E-state index is -0.359. The van der Waals surface area contributed by atoms with E-state index in [-0.39, 0.29) is 28.2 Å². The number of ether oxygens (including phenoxy) is 1. The van der Waals surface area contributed by atoms with Crippen molar-refractivity contribution in [3.8, 4) is 0 Å². The molecule has 1 heterocycles. The molecule has 1 aromatic rings. The summed E-state index contributed by atoms with van der Waals surface area (Å²) in [5, 5.41) is 0. The molecule has 4 aliphatic carbocycles. The van der Waals surface area contributed by atoms with Gasteiger partial charge < -0.3 is 9.64 Å². The van der Waals surface area contributed by atoms with Gasteiger partial charge in [0, 0.05) is 17.4 Å². The van der Waals surface area contributed by atoms with Crippen LogP contribution < -0.4 is 0 Å². The molecule has 0 saturated heterocycles. The highest BCUT2D eigenvalue weighted by molar-refractivity contribution is 9.10. The minimum absolute atomic E-state index is 0.0730. The Morgan fingerprint density at radius 2 is 1.81 bits per heavy atom. The van der Waals surface area contributed by atoms with Crippen molar-refractivity contribution < 1.29 is 14.3 Å². The van der Waals surface area contributed by atoms with Crippen molar-refractivity contribution in [3.63, 3.8) is 0 Å². The van der Waals surface area contributed by atoms with Crippen LogP contribution in [0.1, 0.15) is 49.7 Å². The molecule has 4 saturated carbocycles. The molecular formula is C22H26BrNO3.